The van der Waals surface area contributed by atoms with E-state index in [-0.39, 0.29) is 37.3 Å². The molecule has 1 saturated heterocycles. The Kier molecular flexibility index (Phi) is 10.2. The molecule has 2 aromatic rings. The average molecular weight is 483 g/mol. The van der Waals surface area contributed by atoms with Crippen LogP contribution in [0.1, 0.15) is 40.0 Å². The number of aromatic nitrogens is 1. The minimum absolute atomic E-state index is 0. The van der Waals surface area contributed by atoms with Crippen LogP contribution in [0.2, 0.25) is 0 Å². The van der Waals surface area contributed by atoms with Crippen LogP contribution in [0.4, 0.5) is 5.82 Å². The number of anilines is 1. The van der Waals surface area contributed by atoms with Crippen LogP contribution in [0.25, 0.3) is 0 Å². The highest BCUT2D eigenvalue weighted by Gasteiger charge is 2.26. The van der Waals surface area contributed by atoms with Crippen molar-refractivity contribution in [2.24, 2.45) is 11.7 Å². The van der Waals surface area contributed by atoms with E-state index in [2.05, 4.69) is 27.8 Å². The molecule has 9 heteroatoms. The van der Waals surface area contributed by atoms with Crippen LogP contribution in [0.3, 0.4) is 0 Å². The fourth-order valence-corrected chi connectivity index (χ4v) is 4.27. The molecule has 0 bridgehead atoms. The molecular weight excluding hydrogens is 451 g/mol. The number of aliphatic hydroxyl groups is 1. The summed E-state index contributed by atoms with van der Waals surface area (Å²) in [6.07, 6.45) is 2.41. The molecule has 0 unspecified atom stereocenters. The third kappa shape index (κ3) is 6.56. The maximum atomic E-state index is 11.9. The number of amides is 1. The van der Waals surface area contributed by atoms with Crippen LogP contribution in [0.15, 0.2) is 36.4 Å². The number of carbonyl (C=O) groups is 1. The van der Waals surface area contributed by atoms with Gasteiger partial charge in [-0.15, -0.1) is 24.8 Å². The van der Waals surface area contributed by atoms with Gasteiger partial charge in [0.15, 0.2) is 0 Å². The second kappa shape index (κ2) is 12.4. The highest BCUT2D eigenvalue weighted by atomic mass is 35.5. The van der Waals surface area contributed by atoms with Crippen molar-refractivity contribution in [2.45, 2.75) is 44.4 Å². The molecule has 5 N–H and O–H groups in total. The zero-order chi connectivity index (χ0) is 20.9. The van der Waals surface area contributed by atoms with Crippen LogP contribution in [-0.4, -0.2) is 47.9 Å². The van der Waals surface area contributed by atoms with E-state index in [1.165, 1.54) is 11.1 Å². The van der Waals surface area contributed by atoms with Gasteiger partial charge in [-0.2, -0.15) is 0 Å². The molecule has 0 saturated carbocycles. The Hall–Kier alpha value is -1.90. The maximum Gasteiger partial charge on any atom is 0.250 e. The molecule has 3 heterocycles. The summed E-state index contributed by atoms with van der Waals surface area (Å²) in [4.78, 5) is 16.5. The molecule has 1 fully saturated rings. The standard InChI is InChI=1S/C23H30N4O3.2ClH/c24-23(29)18-5-6-22(26-13-15-7-9-30-10-8-15)27-19(18)12-21(28)20-11-16-3-1-2-4-17(16)14-25-20;;/h1-6,15,20-21,25,28H,7-14H2,(H2,24,29)(H,26,27);2*1H/t20-,21+;;/m0../s1. The molecule has 0 aliphatic carbocycles. The second-order valence-corrected chi connectivity index (χ2v) is 8.22. The van der Waals surface area contributed by atoms with E-state index in [1.54, 1.807) is 12.1 Å². The summed E-state index contributed by atoms with van der Waals surface area (Å²) in [5.74, 6) is 0.732. The lowest BCUT2D eigenvalue weighted by Gasteiger charge is -2.30. The minimum Gasteiger partial charge on any atom is -0.391 e. The normalized spacial score (nSPS) is 19.1. The van der Waals surface area contributed by atoms with Crippen molar-refractivity contribution in [1.82, 2.24) is 10.3 Å². The van der Waals surface area contributed by atoms with Gasteiger partial charge >= 0.3 is 0 Å². The SMILES string of the molecule is Cl.Cl.NC(=O)c1ccc(NCC2CCOCC2)nc1C[C@@H](O)[C@@H]1Cc2ccccc2CN1. The van der Waals surface area contributed by atoms with E-state index in [0.717, 1.165) is 45.6 Å². The third-order valence-corrected chi connectivity index (χ3v) is 6.13. The van der Waals surface area contributed by atoms with E-state index in [1.807, 2.05) is 12.1 Å². The Bertz CT molecular complexity index is 893. The number of halogens is 2. The average Bonchev–Trinajstić information content (AvgIpc) is 2.78. The Morgan fingerprint density at radius 3 is 2.62 bits per heavy atom. The number of benzene rings is 1. The number of nitrogens with one attached hydrogen (secondary N) is 2. The number of nitrogens with zero attached hydrogens (tertiary/aromatic N) is 1. The topological polar surface area (TPSA) is 110 Å². The number of primary amides is 1. The first-order valence-corrected chi connectivity index (χ1v) is 10.7. The third-order valence-electron chi connectivity index (χ3n) is 6.13. The van der Waals surface area contributed by atoms with E-state index in [4.69, 9.17) is 10.5 Å². The lowest BCUT2D eigenvalue weighted by atomic mass is 9.91. The molecule has 1 amide bonds. The lowest BCUT2D eigenvalue weighted by molar-refractivity contribution is 0.0699. The fourth-order valence-electron chi connectivity index (χ4n) is 4.27. The summed E-state index contributed by atoms with van der Waals surface area (Å²) in [5.41, 5.74) is 8.97. The summed E-state index contributed by atoms with van der Waals surface area (Å²) < 4.78 is 5.41. The van der Waals surface area contributed by atoms with Gasteiger partial charge in [0, 0.05) is 38.8 Å². The molecule has 7 nitrogen and oxygen atoms in total. The number of aliphatic hydroxyl groups excluding tert-OH is 1. The van der Waals surface area contributed by atoms with Crippen LogP contribution in [-0.2, 0) is 24.1 Å². The molecule has 2 atom stereocenters. The van der Waals surface area contributed by atoms with Gasteiger partial charge < -0.3 is 26.2 Å². The molecule has 4 rings (SSSR count). The Balaban J connectivity index is 0.00000181. The van der Waals surface area contributed by atoms with Gasteiger partial charge in [0.05, 0.1) is 17.4 Å². The summed E-state index contributed by atoms with van der Waals surface area (Å²) in [7, 11) is 0. The highest BCUT2D eigenvalue weighted by Crippen LogP contribution is 2.21. The van der Waals surface area contributed by atoms with Gasteiger partial charge in [0.25, 0.3) is 5.91 Å². The molecule has 176 valence electrons. The predicted octanol–water partition coefficient (Wildman–Crippen LogP) is 2.48. The van der Waals surface area contributed by atoms with Crippen molar-refractivity contribution < 1.29 is 14.6 Å². The number of rotatable bonds is 7. The maximum absolute atomic E-state index is 11.9. The summed E-state index contributed by atoms with van der Waals surface area (Å²) in [6.45, 7) is 3.14. The van der Waals surface area contributed by atoms with Crippen molar-refractivity contribution in [3.63, 3.8) is 0 Å². The fraction of sp³-hybridized carbons (Fsp3) is 0.478. The largest absolute Gasteiger partial charge is 0.391 e. The Morgan fingerprint density at radius 2 is 1.91 bits per heavy atom. The number of nitrogens with two attached hydrogens (primary N) is 1. The van der Waals surface area contributed by atoms with Crippen molar-refractivity contribution in [3.05, 3.63) is 58.8 Å². The molecular formula is C23H32Cl2N4O3. The molecule has 1 aromatic heterocycles. The minimum atomic E-state index is -0.672. The van der Waals surface area contributed by atoms with Gasteiger partial charge in [-0.25, -0.2) is 4.98 Å². The molecule has 2 aliphatic rings. The van der Waals surface area contributed by atoms with Crippen molar-refractivity contribution in [2.75, 3.05) is 25.1 Å². The molecule has 32 heavy (non-hydrogen) atoms. The molecule has 0 spiro atoms. The Labute approximate surface area is 201 Å². The van der Waals surface area contributed by atoms with Crippen molar-refractivity contribution in [3.8, 4) is 0 Å². The summed E-state index contributed by atoms with van der Waals surface area (Å²) >= 11 is 0. The zero-order valence-electron chi connectivity index (χ0n) is 18.0. The van der Waals surface area contributed by atoms with Gasteiger partial charge in [-0.1, -0.05) is 24.3 Å². The molecule has 2 aliphatic heterocycles. The van der Waals surface area contributed by atoms with Gasteiger partial charge in [-0.3, -0.25) is 4.79 Å². The van der Waals surface area contributed by atoms with E-state index in [0.29, 0.717) is 23.0 Å². The van der Waals surface area contributed by atoms with Gasteiger partial charge in [0.2, 0.25) is 0 Å². The number of ether oxygens (including phenoxy) is 1. The quantitative estimate of drug-likeness (QED) is 0.482. The number of hydrogen-bond donors (Lipinski definition) is 4. The second-order valence-electron chi connectivity index (χ2n) is 8.22. The van der Waals surface area contributed by atoms with E-state index >= 15 is 0 Å². The summed E-state index contributed by atoms with van der Waals surface area (Å²) in [6, 6.07) is 11.6. The zero-order valence-corrected chi connectivity index (χ0v) is 19.6. The van der Waals surface area contributed by atoms with Crippen molar-refractivity contribution in [1.29, 1.82) is 0 Å². The Morgan fingerprint density at radius 1 is 1.19 bits per heavy atom. The number of fused-ring (bicyclic) bond motifs is 1. The van der Waals surface area contributed by atoms with Crippen LogP contribution in [0, 0.1) is 5.92 Å². The van der Waals surface area contributed by atoms with Crippen LogP contribution >= 0.6 is 24.8 Å². The van der Waals surface area contributed by atoms with Gasteiger partial charge in [0.1, 0.15) is 5.82 Å². The number of pyridine rings is 1. The first kappa shape index (κ1) is 26.4. The monoisotopic (exact) mass is 482 g/mol. The lowest BCUT2D eigenvalue weighted by Crippen LogP contribution is -2.45. The van der Waals surface area contributed by atoms with E-state index in [9.17, 15) is 9.90 Å². The summed E-state index contributed by atoms with van der Waals surface area (Å²) in [5, 5.41) is 17.7. The number of hydrogen-bond acceptors (Lipinski definition) is 6. The van der Waals surface area contributed by atoms with E-state index < -0.39 is 12.0 Å². The van der Waals surface area contributed by atoms with Gasteiger partial charge in [-0.05, 0) is 48.4 Å². The molecule has 0 radical (unpaired) electrons. The number of carbonyl (C=O) groups excluding carboxylic acids is 1. The highest BCUT2D eigenvalue weighted by molar-refractivity contribution is 5.94. The van der Waals surface area contributed by atoms with Crippen molar-refractivity contribution >= 4 is 36.5 Å². The van der Waals surface area contributed by atoms with Crippen LogP contribution in [0.5, 0.6) is 0 Å². The smallest absolute Gasteiger partial charge is 0.250 e. The van der Waals surface area contributed by atoms with Crippen LogP contribution < -0.4 is 16.4 Å². The first-order valence-electron chi connectivity index (χ1n) is 10.7. The molecule has 1 aromatic carbocycles. The first-order chi connectivity index (χ1) is 14.6. The predicted molar refractivity (Wildman–Crippen MR) is 130 cm³/mol.